The van der Waals surface area contributed by atoms with Gasteiger partial charge in [0.05, 0.1) is 24.6 Å². The Kier molecular flexibility index (Phi) is 4.66. The van der Waals surface area contributed by atoms with Crippen molar-refractivity contribution in [3.8, 4) is 23.0 Å². The summed E-state index contributed by atoms with van der Waals surface area (Å²) in [5.74, 6) is 2.01. The van der Waals surface area contributed by atoms with Crippen molar-refractivity contribution in [2.45, 2.75) is 31.8 Å². The summed E-state index contributed by atoms with van der Waals surface area (Å²) in [5.41, 5.74) is 7.31. The number of nitrogens with two attached hydrogens (primary N) is 1. The first-order valence-electron chi connectivity index (χ1n) is 8.99. The zero-order chi connectivity index (χ0) is 18.8. The average molecular weight is 370 g/mol. The normalized spacial score (nSPS) is 15.6. The van der Waals surface area contributed by atoms with Gasteiger partial charge >= 0.3 is 0 Å². The van der Waals surface area contributed by atoms with Gasteiger partial charge in [0.2, 0.25) is 6.79 Å². The number of methoxy groups -OCH3 is 1. The molecule has 0 aromatic heterocycles. The van der Waals surface area contributed by atoms with Gasteiger partial charge in [-0.1, -0.05) is 0 Å². The van der Waals surface area contributed by atoms with Crippen molar-refractivity contribution in [1.29, 1.82) is 0 Å². The Labute approximate surface area is 157 Å². The van der Waals surface area contributed by atoms with E-state index in [0.29, 0.717) is 39.9 Å². The fraction of sp³-hybridized carbons (Fsp3) is 0.350. The monoisotopic (exact) mass is 370 g/mol. The van der Waals surface area contributed by atoms with E-state index in [1.807, 2.05) is 0 Å². The van der Waals surface area contributed by atoms with E-state index in [0.717, 1.165) is 12.8 Å². The number of rotatable bonds is 5. The van der Waals surface area contributed by atoms with E-state index in [1.54, 1.807) is 37.4 Å². The van der Waals surface area contributed by atoms with Crippen LogP contribution in [0.25, 0.3) is 0 Å². The fourth-order valence-corrected chi connectivity index (χ4v) is 3.35. The molecule has 2 aromatic carbocycles. The zero-order valence-electron chi connectivity index (χ0n) is 15.1. The van der Waals surface area contributed by atoms with Gasteiger partial charge in [-0.05, 0) is 43.9 Å². The van der Waals surface area contributed by atoms with E-state index in [4.69, 9.17) is 24.7 Å². The molecule has 2 aromatic rings. The Morgan fingerprint density at radius 3 is 2.59 bits per heavy atom. The Balaban J connectivity index is 1.51. The molecule has 1 amide bonds. The number of fused-ring (bicyclic) bond motifs is 1. The summed E-state index contributed by atoms with van der Waals surface area (Å²) >= 11 is 0. The van der Waals surface area contributed by atoms with E-state index in [1.165, 1.54) is 12.8 Å². The van der Waals surface area contributed by atoms with Crippen molar-refractivity contribution in [1.82, 2.24) is 0 Å². The smallest absolute Gasteiger partial charge is 0.255 e. The van der Waals surface area contributed by atoms with Gasteiger partial charge in [0.25, 0.3) is 5.91 Å². The number of benzene rings is 2. The first-order valence-corrected chi connectivity index (χ1v) is 8.99. The third-order valence-electron chi connectivity index (χ3n) is 4.81. The molecule has 1 aliphatic heterocycles. The van der Waals surface area contributed by atoms with Crippen molar-refractivity contribution in [2.75, 3.05) is 25.0 Å². The van der Waals surface area contributed by atoms with Gasteiger partial charge in [-0.2, -0.15) is 0 Å². The molecular weight excluding hydrogens is 348 g/mol. The molecule has 7 heteroatoms. The number of nitrogen functional groups attached to an aromatic ring is 1. The number of carbonyl (C=O) groups is 1. The Morgan fingerprint density at radius 2 is 1.85 bits per heavy atom. The quantitative estimate of drug-likeness (QED) is 0.782. The summed E-state index contributed by atoms with van der Waals surface area (Å²) < 4.78 is 22.0. The number of nitrogens with one attached hydrogen (secondary N) is 1. The topological polar surface area (TPSA) is 92.0 Å². The van der Waals surface area contributed by atoms with E-state index < -0.39 is 0 Å². The Bertz CT molecular complexity index is 862. The molecule has 0 spiro atoms. The molecule has 0 radical (unpaired) electrons. The third-order valence-corrected chi connectivity index (χ3v) is 4.81. The van der Waals surface area contributed by atoms with Crippen LogP contribution >= 0.6 is 0 Å². The van der Waals surface area contributed by atoms with Crippen LogP contribution in [-0.2, 0) is 0 Å². The lowest BCUT2D eigenvalue weighted by Crippen LogP contribution is -2.14. The molecule has 0 bridgehead atoms. The Morgan fingerprint density at radius 1 is 1.11 bits per heavy atom. The van der Waals surface area contributed by atoms with Gasteiger partial charge in [0.1, 0.15) is 0 Å². The van der Waals surface area contributed by atoms with Crippen molar-refractivity contribution in [3.63, 3.8) is 0 Å². The minimum Gasteiger partial charge on any atom is -0.493 e. The predicted molar refractivity (Wildman–Crippen MR) is 101 cm³/mol. The number of carbonyl (C=O) groups excluding carboxylic acids is 1. The van der Waals surface area contributed by atoms with Crippen molar-refractivity contribution in [3.05, 3.63) is 35.9 Å². The number of ether oxygens (including phenoxy) is 4. The highest BCUT2D eigenvalue weighted by molar-refractivity contribution is 6.06. The molecule has 142 valence electrons. The Hall–Kier alpha value is -3.09. The van der Waals surface area contributed by atoms with E-state index in [9.17, 15) is 4.79 Å². The standard InChI is InChI=1S/C20H22N2O5/c1-24-17-8-12(6-7-16(17)27-13-4-2-3-5-13)20(23)22-15-10-19-18(9-14(15)21)25-11-26-19/h6-10,13H,2-5,11,21H2,1H3,(H,22,23). The van der Waals surface area contributed by atoms with Gasteiger partial charge in [-0.15, -0.1) is 0 Å². The van der Waals surface area contributed by atoms with Gasteiger partial charge in [-0.25, -0.2) is 0 Å². The van der Waals surface area contributed by atoms with Crippen LogP contribution in [-0.4, -0.2) is 25.9 Å². The lowest BCUT2D eigenvalue weighted by atomic mass is 10.1. The van der Waals surface area contributed by atoms with Crippen LogP contribution in [0.4, 0.5) is 11.4 Å². The summed E-state index contributed by atoms with van der Waals surface area (Å²) in [5, 5.41) is 2.80. The number of anilines is 2. The number of hydrogen-bond donors (Lipinski definition) is 2. The third kappa shape index (κ3) is 3.58. The molecule has 0 atom stereocenters. The van der Waals surface area contributed by atoms with Crippen molar-refractivity contribution >= 4 is 17.3 Å². The van der Waals surface area contributed by atoms with E-state index >= 15 is 0 Å². The van der Waals surface area contributed by atoms with Crippen molar-refractivity contribution in [2.24, 2.45) is 0 Å². The second-order valence-corrected chi connectivity index (χ2v) is 6.64. The summed E-state index contributed by atoms with van der Waals surface area (Å²) in [6, 6.07) is 8.45. The highest BCUT2D eigenvalue weighted by Crippen LogP contribution is 2.38. The number of hydrogen-bond acceptors (Lipinski definition) is 6. The second-order valence-electron chi connectivity index (χ2n) is 6.64. The predicted octanol–water partition coefficient (Wildman–Crippen LogP) is 3.58. The molecule has 27 heavy (non-hydrogen) atoms. The molecule has 1 heterocycles. The first-order chi connectivity index (χ1) is 13.1. The first kappa shape index (κ1) is 17.3. The maximum absolute atomic E-state index is 12.7. The molecular formula is C20H22N2O5. The summed E-state index contributed by atoms with van der Waals surface area (Å²) in [6.45, 7) is 0.145. The largest absolute Gasteiger partial charge is 0.493 e. The second kappa shape index (κ2) is 7.26. The lowest BCUT2D eigenvalue weighted by molar-refractivity contribution is 0.102. The van der Waals surface area contributed by atoms with Crippen LogP contribution in [0.15, 0.2) is 30.3 Å². The van der Waals surface area contributed by atoms with Crippen LogP contribution in [0, 0.1) is 0 Å². The fourth-order valence-electron chi connectivity index (χ4n) is 3.35. The maximum atomic E-state index is 12.7. The minimum atomic E-state index is -0.300. The molecule has 2 aliphatic rings. The van der Waals surface area contributed by atoms with Gasteiger partial charge in [0.15, 0.2) is 23.0 Å². The van der Waals surface area contributed by atoms with E-state index in [-0.39, 0.29) is 18.8 Å². The SMILES string of the molecule is COc1cc(C(=O)Nc2cc3c(cc2N)OCO3)ccc1OC1CCCC1. The highest BCUT2D eigenvalue weighted by Gasteiger charge is 2.21. The van der Waals surface area contributed by atoms with Crippen LogP contribution in [0.5, 0.6) is 23.0 Å². The molecule has 0 saturated heterocycles. The van der Waals surface area contributed by atoms with Crippen LogP contribution < -0.4 is 30.0 Å². The average Bonchev–Trinajstić information content (AvgIpc) is 3.34. The van der Waals surface area contributed by atoms with Gasteiger partial charge in [-0.3, -0.25) is 4.79 Å². The molecule has 3 N–H and O–H groups in total. The summed E-state index contributed by atoms with van der Waals surface area (Å²) in [7, 11) is 1.56. The molecule has 1 saturated carbocycles. The lowest BCUT2D eigenvalue weighted by Gasteiger charge is -2.16. The summed E-state index contributed by atoms with van der Waals surface area (Å²) in [4.78, 5) is 12.7. The maximum Gasteiger partial charge on any atom is 0.255 e. The minimum absolute atomic E-state index is 0.145. The van der Waals surface area contributed by atoms with Crippen molar-refractivity contribution < 1.29 is 23.7 Å². The van der Waals surface area contributed by atoms with E-state index in [2.05, 4.69) is 5.32 Å². The molecule has 4 rings (SSSR count). The number of amides is 1. The highest BCUT2D eigenvalue weighted by atomic mass is 16.7. The van der Waals surface area contributed by atoms with Crippen LogP contribution in [0.3, 0.4) is 0 Å². The van der Waals surface area contributed by atoms with Crippen LogP contribution in [0.2, 0.25) is 0 Å². The van der Waals surface area contributed by atoms with Gasteiger partial charge in [0, 0.05) is 17.7 Å². The van der Waals surface area contributed by atoms with Gasteiger partial charge < -0.3 is 30.0 Å². The molecule has 1 aliphatic carbocycles. The van der Waals surface area contributed by atoms with Crippen LogP contribution in [0.1, 0.15) is 36.0 Å². The molecule has 7 nitrogen and oxygen atoms in total. The molecule has 1 fully saturated rings. The zero-order valence-corrected chi connectivity index (χ0v) is 15.1. The summed E-state index contributed by atoms with van der Waals surface area (Å²) in [6.07, 6.45) is 4.69. The molecule has 0 unspecified atom stereocenters.